The molecule has 0 aliphatic heterocycles. The number of hydrogen-bond donors (Lipinski definition) is 2. The van der Waals surface area contributed by atoms with E-state index in [0.29, 0.717) is 19.0 Å². The first kappa shape index (κ1) is 18.7. The average Bonchev–Trinajstić information content (AvgIpc) is 2.77. The molecule has 1 rings (SSSR count). The quantitative estimate of drug-likeness (QED) is 0.418. The largest absolute Gasteiger partial charge is 0.357 e. The van der Waals surface area contributed by atoms with Crippen molar-refractivity contribution in [3.05, 3.63) is 22.4 Å². The van der Waals surface area contributed by atoms with Crippen molar-refractivity contribution in [1.82, 2.24) is 10.6 Å². The van der Waals surface area contributed by atoms with Crippen LogP contribution in [0.1, 0.15) is 12.5 Å². The van der Waals surface area contributed by atoms with Crippen LogP contribution in [0.5, 0.6) is 0 Å². The number of halogens is 1. The summed E-state index contributed by atoms with van der Waals surface area (Å²) in [4.78, 5) is 4.38. The van der Waals surface area contributed by atoms with E-state index in [2.05, 4.69) is 15.6 Å². The van der Waals surface area contributed by atoms with Crippen LogP contribution in [0.15, 0.2) is 21.8 Å². The molecule has 0 aliphatic carbocycles. The van der Waals surface area contributed by atoms with E-state index < -0.39 is 9.84 Å². The van der Waals surface area contributed by atoms with Gasteiger partial charge in [0.1, 0.15) is 9.84 Å². The van der Waals surface area contributed by atoms with Gasteiger partial charge in [-0.1, -0.05) is 0 Å². The first-order chi connectivity index (χ1) is 8.51. The Kier molecular flexibility index (Phi) is 9.36. The molecule has 110 valence electrons. The lowest BCUT2D eigenvalue weighted by Crippen LogP contribution is -2.39. The summed E-state index contributed by atoms with van der Waals surface area (Å²) in [5.74, 6) is 0.753. The maximum atomic E-state index is 11.0. The van der Waals surface area contributed by atoms with Crippen LogP contribution >= 0.6 is 35.3 Å². The predicted molar refractivity (Wildman–Crippen MR) is 92.3 cm³/mol. The van der Waals surface area contributed by atoms with E-state index in [-0.39, 0.29) is 29.7 Å². The summed E-state index contributed by atoms with van der Waals surface area (Å²) >= 11 is 1.64. The van der Waals surface area contributed by atoms with Gasteiger partial charge in [-0.3, -0.25) is 0 Å². The fourth-order valence-corrected chi connectivity index (χ4v) is 2.38. The molecule has 0 unspecified atom stereocenters. The van der Waals surface area contributed by atoms with Crippen molar-refractivity contribution >= 4 is 51.1 Å². The predicted octanol–water partition coefficient (Wildman–Crippen LogP) is 1.47. The van der Waals surface area contributed by atoms with Gasteiger partial charge in [0.25, 0.3) is 0 Å². The van der Waals surface area contributed by atoms with E-state index in [0.717, 1.165) is 12.1 Å². The van der Waals surface area contributed by atoms with E-state index in [1.165, 1.54) is 6.26 Å². The third-order valence-electron chi connectivity index (χ3n) is 2.11. The molecule has 0 fully saturated rings. The minimum absolute atomic E-state index is 0. The molecule has 0 amide bonds. The molecule has 1 aromatic rings. The van der Waals surface area contributed by atoms with Gasteiger partial charge in [0.15, 0.2) is 5.96 Å². The van der Waals surface area contributed by atoms with Crippen molar-refractivity contribution in [2.24, 2.45) is 4.99 Å². The standard InChI is InChI=1S/C11H19N3O2S2.HI/c1-3-12-11(13-5-7-18(2,15)16)14-8-10-4-6-17-9-10;/h4,6,9H,3,5,7-8H2,1-2H3,(H2,12,13,14);1H. The summed E-state index contributed by atoms with van der Waals surface area (Å²) in [5, 5.41) is 10.1. The second-order valence-corrected chi connectivity index (χ2v) is 6.92. The maximum Gasteiger partial charge on any atom is 0.191 e. The van der Waals surface area contributed by atoms with Gasteiger partial charge in [-0.15, -0.1) is 24.0 Å². The van der Waals surface area contributed by atoms with Gasteiger partial charge in [-0.05, 0) is 29.3 Å². The number of nitrogens with zero attached hydrogens (tertiary/aromatic N) is 1. The zero-order chi connectivity index (χ0) is 13.4. The Hall–Kier alpha value is -0.350. The van der Waals surface area contributed by atoms with Crippen molar-refractivity contribution in [1.29, 1.82) is 0 Å². The third kappa shape index (κ3) is 9.22. The van der Waals surface area contributed by atoms with Crippen LogP contribution in [-0.4, -0.2) is 39.5 Å². The molecule has 0 saturated heterocycles. The first-order valence-electron chi connectivity index (χ1n) is 5.72. The molecule has 0 saturated carbocycles. The highest BCUT2D eigenvalue weighted by Gasteiger charge is 2.03. The zero-order valence-corrected chi connectivity index (χ0v) is 15.0. The molecule has 0 spiro atoms. The Labute approximate surface area is 135 Å². The molecule has 1 heterocycles. The Morgan fingerprint density at radius 3 is 2.68 bits per heavy atom. The Bertz CT molecular complexity index is 472. The average molecular weight is 417 g/mol. The van der Waals surface area contributed by atoms with Gasteiger partial charge in [-0.25, -0.2) is 13.4 Å². The second kappa shape index (κ2) is 9.54. The molecular formula is C11H20IN3O2S2. The lowest BCUT2D eigenvalue weighted by molar-refractivity contribution is 0.600. The van der Waals surface area contributed by atoms with Crippen LogP contribution in [0.25, 0.3) is 0 Å². The van der Waals surface area contributed by atoms with Crippen LogP contribution in [0, 0.1) is 0 Å². The topological polar surface area (TPSA) is 70.6 Å². The van der Waals surface area contributed by atoms with E-state index >= 15 is 0 Å². The van der Waals surface area contributed by atoms with Crippen molar-refractivity contribution in [3.8, 4) is 0 Å². The molecule has 0 aliphatic rings. The zero-order valence-electron chi connectivity index (χ0n) is 11.0. The number of aliphatic imine (C=N–C) groups is 1. The summed E-state index contributed by atoms with van der Waals surface area (Å²) in [5.41, 5.74) is 1.15. The molecule has 0 bridgehead atoms. The van der Waals surface area contributed by atoms with E-state index in [9.17, 15) is 8.42 Å². The van der Waals surface area contributed by atoms with Gasteiger partial charge in [0.2, 0.25) is 0 Å². The Balaban J connectivity index is 0.00000324. The van der Waals surface area contributed by atoms with E-state index in [1.807, 2.05) is 23.8 Å². The summed E-state index contributed by atoms with van der Waals surface area (Å²) < 4.78 is 22.0. The molecule has 0 atom stereocenters. The second-order valence-electron chi connectivity index (χ2n) is 3.88. The fourth-order valence-electron chi connectivity index (χ4n) is 1.25. The van der Waals surface area contributed by atoms with Crippen molar-refractivity contribution in [2.75, 3.05) is 25.1 Å². The van der Waals surface area contributed by atoms with Crippen molar-refractivity contribution < 1.29 is 8.42 Å². The Morgan fingerprint density at radius 2 is 2.16 bits per heavy atom. The molecule has 8 heteroatoms. The normalized spacial score (nSPS) is 11.8. The minimum Gasteiger partial charge on any atom is -0.357 e. The van der Waals surface area contributed by atoms with Crippen molar-refractivity contribution in [3.63, 3.8) is 0 Å². The molecular weight excluding hydrogens is 397 g/mol. The number of guanidine groups is 1. The minimum atomic E-state index is -2.94. The van der Waals surface area contributed by atoms with Crippen LogP contribution in [0.4, 0.5) is 0 Å². The number of nitrogens with one attached hydrogen (secondary N) is 2. The molecule has 5 nitrogen and oxygen atoms in total. The van der Waals surface area contributed by atoms with Gasteiger partial charge in [-0.2, -0.15) is 11.3 Å². The van der Waals surface area contributed by atoms with E-state index in [1.54, 1.807) is 11.3 Å². The number of thiophene rings is 1. The van der Waals surface area contributed by atoms with Crippen LogP contribution in [0.3, 0.4) is 0 Å². The van der Waals surface area contributed by atoms with Crippen LogP contribution < -0.4 is 10.6 Å². The molecule has 19 heavy (non-hydrogen) atoms. The summed E-state index contributed by atoms with van der Waals surface area (Å²) in [6.45, 7) is 3.68. The molecule has 0 radical (unpaired) electrons. The summed E-state index contributed by atoms with van der Waals surface area (Å²) in [6, 6.07) is 2.02. The van der Waals surface area contributed by atoms with Gasteiger partial charge in [0, 0.05) is 19.3 Å². The summed E-state index contributed by atoms with van der Waals surface area (Å²) in [6.07, 6.45) is 1.23. The number of sulfone groups is 1. The van der Waals surface area contributed by atoms with Gasteiger partial charge >= 0.3 is 0 Å². The lowest BCUT2D eigenvalue weighted by atomic mass is 10.3. The van der Waals surface area contributed by atoms with Gasteiger partial charge < -0.3 is 10.6 Å². The van der Waals surface area contributed by atoms with Crippen LogP contribution in [-0.2, 0) is 16.4 Å². The number of hydrogen-bond acceptors (Lipinski definition) is 4. The molecule has 1 aromatic heterocycles. The third-order valence-corrected chi connectivity index (χ3v) is 3.79. The first-order valence-corrected chi connectivity index (χ1v) is 8.72. The number of rotatable bonds is 6. The maximum absolute atomic E-state index is 11.0. The monoisotopic (exact) mass is 417 g/mol. The van der Waals surface area contributed by atoms with Crippen LogP contribution in [0.2, 0.25) is 0 Å². The van der Waals surface area contributed by atoms with Gasteiger partial charge in [0.05, 0.1) is 12.3 Å². The smallest absolute Gasteiger partial charge is 0.191 e. The highest BCUT2D eigenvalue weighted by molar-refractivity contribution is 14.0. The SMILES string of the molecule is CCNC(=NCc1ccsc1)NCCS(C)(=O)=O.I. The summed E-state index contributed by atoms with van der Waals surface area (Å²) in [7, 11) is -2.94. The Morgan fingerprint density at radius 1 is 1.42 bits per heavy atom. The van der Waals surface area contributed by atoms with Crippen molar-refractivity contribution in [2.45, 2.75) is 13.5 Å². The molecule has 0 aromatic carbocycles. The highest BCUT2D eigenvalue weighted by Crippen LogP contribution is 2.06. The molecule has 2 N–H and O–H groups in total. The lowest BCUT2D eigenvalue weighted by Gasteiger charge is -2.10. The highest BCUT2D eigenvalue weighted by atomic mass is 127. The fraction of sp³-hybridized carbons (Fsp3) is 0.545. The van der Waals surface area contributed by atoms with E-state index in [4.69, 9.17) is 0 Å².